The lowest BCUT2D eigenvalue weighted by Crippen LogP contribution is -2.12. The molecular weight excluding hydrogens is 516 g/mol. The van der Waals surface area contributed by atoms with Gasteiger partial charge in [-0.3, -0.25) is 0 Å². The number of ether oxygens (including phenoxy) is 3. The Morgan fingerprint density at radius 3 is 1.76 bits per heavy atom. The van der Waals surface area contributed by atoms with E-state index in [0.29, 0.717) is 5.57 Å². The van der Waals surface area contributed by atoms with Gasteiger partial charge in [-0.25, -0.2) is 14.4 Å². The largest absolute Gasteiger partial charge is 0.454 e. The van der Waals surface area contributed by atoms with E-state index in [1.807, 2.05) is 19.9 Å². The van der Waals surface area contributed by atoms with Gasteiger partial charge in [-0.2, -0.15) is 0 Å². The Labute approximate surface area is 241 Å². The number of carbonyl (C=O) groups excluding carboxylic acids is 3. The van der Waals surface area contributed by atoms with Crippen molar-refractivity contribution in [2.45, 2.75) is 53.6 Å². The number of hydrogen-bond acceptors (Lipinski definition) is 6. The van der Waals surface area contributed by atoms with Crippen LogP contribution in [0.5, 0.6) is 11.5 Å². The van der Waals surface area contributed by atoms with Crippen molar-refractivity contribution < 1.29 is 28.6 Å². The van der Waals surface area contributed by atoms with Crippen molar-refractivity contribution in [3.63, 3.8) is 0 Å². The van der Waals surface area contributed by atoms with E-state index in [-0.39, 0.29) is 34.7 Å². The molecule has 210 valence electrons. The van der Waals surface area contributed by atoms with Crippen LogP contribution in [0.2, 0.25) is 0 Å². The summed E-state index contributed by atoms with van der Waals surface area (Å²) in [6.07, 6.45) is 1.33. The van der Waals surface area contributed by atoms with Crippen LogP contribution in [0.4, 0.5) is 0 Å². The van der Waals surface area contributed by atoms with Crippen molar-refractivity contribution in [1.82, 2.24) is 0 Å². The first kappa shape index (κ1) is 29.3. The summed E-state index contributed by atoms with van der Waals surface area (Å²) < 4.78 is 16.6. The van der Waals surface area contributed by atoms with Crippen LogP contribution in [0.25, 0.3) is 22.3 Å². The fraction of sp³-hybridized carbons (Fsp3) is 0.229. The highest BCUT2D eigenvalue weighted by atomic mass is 16.6. The zero-order valence-electron chi connectivity index (χ0n) is 24.2. The van der Waals surface area contributed by atoms with Crippen LogP contribution >= 0.6 is 0 Å². The highest BCUT2D eigenvalue weighted by molar-refractivity contribution is 5.92. The first-order chi connectivity index (χ1) is 19.3. The van der Waals surface area contributed by atoms with Crippen molar-refractivity contribution in [3.8, 4) is 33.8 Å². The second-order valence-corrected chi connectivity index (χ2v) is 10.6. The van der Waals surface area contributed by atoms with E-state index in [2.05, 4.69) is 50.1 Å². The lowest BCUT2D eigenvalue weighted by atomic mass is 9.90. The lowest BCUT2D eigenvalue weighted by Gasteiger charge is -2.17. The molecule has 0 spiro atoms. The average Bonchev–Trinajstić information content (AvgIpc) is 3.32. The molecule has 0 heterocycles. The molecule has 0 bridgehead atoms. The number of carbonyl (C=O) groups is 3. The van der Waals surface area contributed by atoms with Crippen LogP contribution in [-0.4, -0.2) is 17.9 Å². The van der Waals surface area contributed by atoms with E-state index >= 15 is 0 Å². The number of esters is 3. The van der Waals surface area contributed by atoms with E-state index in [1.165, 1.54) is 5.56 Å². The standard InChI is InChI=1S/C35H34O6/c1-19(2)33(36)39-30-13-11-24-9-10-25(17-29(24)30)27-15-23(8)28(16-22(27)7)26-12-14-31(40-34(37)20(3)4)32(18-26)41-35(38)21(5)6/h9-10,12,14-18,30H,1,3,5,11,13H2,2,4,6-8H3. The second kappa shape index (κ2) is 11.8. The van der Waals surface area contributed by atoms with Gasteiger partial charge < -0.3 is 14.2 Å². The maximum atomic E-state index is 12.3. The molecule has 41 heavy (non-hydrogen) atoms. The Bertz CT molecular complexity index is 1620. The van der Waals surface area contributed by atoms with Crippen LogP contribution in [0, 0.1) is 13.8 Å². The van der Waals surface area contributed by atoms with Gasteiger partial charge in [-0.05, 0) is 110 Å². The maximum absolute atomic E-state index is 12.3. The third-order valence-electron chi connectivity index (χ3n) is 7.01. The summed E-state index contributed by atoms with van der Waals surface area (Å²) in [5.41, 5.74) is 8.90. The highest BCUT2D eigenvalue weighted by Gasteiger charge is 2.27. The monoisotopic (exact) mass is 550 g/mol. The van der Waals surface area contributed by atoms with E-state index in [4.69, 9.17) is 14.2 Å². The van der Waals surface area contributed by atoms with Crippen molar-refractivity contribution in [3.05, 3.63) is 107 Å². The number of fused-ring (bicyclic) bond motifs is 1. The van der Waals surface area contributed by atoms with Crippen LogP contribution in [0.1, 0.15) is 55.5 Å². The van der Waals surface area contributed by atoms with Crippen molar-refractivity contribution in [2.24, 2.45) is 0 Å². The quantitative estimate of drug-likeness (QED) is 0.162. The van der Waals surface area contributed by atoms with Gasteiger partial charge in [-0.1, -0.05) is 50.1 Å². The van der Waals surface area contributed by atoms with Gasteiger partial charge in [0, 0.05) is 16.7 Å². The maximum Gasteiger partial charge on any atom is 0.338 e. The molecule has 0 saturated carbocycles. The summed E-state index contributed by atoms with van der Waals surface area (Å²) in [7, 11) is 0. The third-order valence-corrected chi connectivity index (χ3v) is 7.01. The molecule has 0 fully saturated rings. The van der Waals surface area contributed by atoms with E-state index in [0.717, 1.165) is 51.8 Å². The normalized spacial score (nSPS) is 13.6. The van der Waals surface area contributed by atoms with E-state index < -0.39 is 11.9 Å². The Kier molecular flexibility index (Phi) is 8.43. The number of aryl methyl sites for hydroxylation is 3. The SMILES string of the molecule is C=C(C)C(=O)Oc1ccc(-c2cc(C)c(-c3ccc4c(c3)C(OC(=O)C(=C)C)CC4)cc2C)cc1OC(=O)C(=C)C. The molecule has 1 aliphatic carbocycles. The molecule has 1 atom stereocenters. The van der Waals surface area contributed by atoms with E-state index in [9.17, 15) is 14.4 Å². The molecule has 0 amide bonds. The molecule has 4 rings (SSSR count). The predicted molar refractivity (Wildman–Crippen MR) is 160 cm³/mol. The Morgan fingerprint density at radius 2 is 1.20 bits per heavy atom. The minimum Gasteiger partial charge on any atom is -0.454 e. The molecule has 0 aliphatic heterocycles. The number of rotatable bonds is 8. The molecule has 0 radical (unpaired) electrons. The molecule has 6 nitrogen and oxygen atoms in total. The van der Waals surface area contributed by atoms with Gasteiger partial charge in [0.15, 0.2) is 11.5 Å². The summed E-state index contributed by atoms with van der Waals surface area (Å²) in [5.74, 6) is -1.39. The Hall–Kier alpha value is -4.71. The molecule has 3 aromatic rings. The van der Waals surface area contributed by atoms with Gasteiger partial charge in [0.2, 0.25) is 0 Å². The minimum atomic E-state index is -0.623. The lowest BCUT2D eigenvalue weighted by molar-refractivity contribution is -0.144. The van der Waals surface area contributed by atoms with Gasteiger partial charge in [0.1, 0.15) is 6.10 Å². The van der Waals surface area contributed by atoms with Crippen LogP contribution in [0.15, 0.2) is 85.0 Å². The smallest absolute Gasteiger partial charge is 0.338 e. The molecule has 1 aliphatic rings. The van der Waals surface area contributed by atoms with Gasteiger partial charge >= 0.3 is 17.9 Å². The molecule has 0 N–H and O–H groups in total. The Balaban J connectivity index is 1.70. The highest BCUT2D eigenvalue weighted by Crippen LogP contribution is 2.40. The van der Waals surface area contributed by atoms with Crippen molar-refractivity contribution >= 4 is 17.9 Å². The summed E-state index contributed by atoms with van der Waals surface area (Å²) in [6, 6.07) is 15.6. The van der Waals surface area contributed by atoms with Crippen LogP contribution in [0.3, 0.4) is 0 Å². The van der Waals surface area contributed by atoms with E-state index in [1.54, 1.807) is 32.9 Å². The van der Waals surface area contributed by atoms with Crippen LogP contribution < -0.4 is 9.47 Å². The molecule has 3 aromatic carbocycles. The molecular formula is C35H34O6. The first-order valence-corrected chi connectivity index (χ1v) is 13.4. The zero-order valence-corrected chi connectivity index (χ0v) is 24.2. The fourth-order valence-corrected chi connectivity index (χ4v) is 4.74. The fourth-order valence-electron chi connectivity index (χ4n) is 4.74. The van der Waals surface area contributed by atoms with Crippen LogP contribution in [-0.2, 0) is 25.5 Å². The molecule has 0 saturated heterocycles. The van der Waals surface area contributed by atoms with Gasteiger partial charge in [0.25, 0.3) is 0 Å². The zero-order chi connectivity index (χ0) is 30.0. The topological polar surface area (TPSA) is 78.9 Å². The predicted octanol–water partition coefficient (Wildman–Crippen LogP) is 7.71. The number of benzene rings is 3. The summed E-state index contributed by atoms with van der Waals surface area (Å²) >= 11 is 0. The molecule has 6 heteroatoms. The van der Waals surface area contributed by atoms with Gasteiger partial charge in [-0.15, -0.1) is 0 Å². The number of hydrogen-bond donors (Lipinski definition) is 0. The summed E-state index contributed by atoms with van der Waals surface area (Å²) in [4.78, 5) is 36.7. The van der Waals surface area contributed by atoms with Crippen molar-refractivity contribution in [2.75, 3.05) is 0 Å². The third kappa shape index (κ3) is 6.38. The van der Waals surface area contributed by atoms with Gasteiger partial charge in [0.05, 0.1) is 0 Å². The minimum absolute atomic E-state index is 0.111. The first-order valence-electron chi connectivity index (χ1n) is 13.4. The Morgan fingerprint density at radius 1 is 0.683 bits per heavy atom. The molecule has 0 aromatic heterocycles. The van der Waals surface area contributed by atoms with Crippen molar-refractivity contribution in [1.29, 1.82) is 0 Å². The molecule has 1 unspecified atom stereocenters. The second-order valence-electron chi connectivity index (χ2n) is 10.6. The summed E-state index contributed by atoms with van der Waals surface area (Å²) in [5, 5.41) is 0. The average molecular weight is 551 g/mol. The summed E-state index contributed by atoms with van der Waals surface area (Å²) in [6.45, 7) is 19.7.